The maximum absolute atomic E-state index is 11.8. The molecule has 2 aromatic rings. The molecule has 0 bridgehead atoms. The highest BCUT2D eigenvalue weighted by Crippen LogP contribution is 2.18. The Morgan fingerprint density at radius 1 is 1.44 bits per heavy atom. The van der Waals surface area contributed by atoms with Gasteiger partial charge in [0.05, 0.1) is 11.6 Å². The molecule has 0 saturated heterocycles. The van der Waals surface area contributed by atoms with E-state index in [2.05, 4.69) is 10.3 Å². The number of nitrogens with one attached hydrogen (secondary N) is 1. The summed E-state index contributed by atoms with van der Waals surface area (Å²) in [5.74, 6) is -1.25. The number of carbonyl (C=O) groups excluding carboxylic acids is 1. The van der Waals surface area contributed by atoms with Gasteiger partial charge in [0.15, 0.2) is 5.69 Å². The molecule has 0 spiro atoms. The number of amides is 1. The first kappa shape index (κ1) is 12.7. The molecule has 2 aromatic heterocycles. The lowest BCUT2D eigenvalue weighted by molar-refractivity contribution is 0.0691. The molecule has 0 radical (unpaired) electrons. The van der Waals surface area contributed by atoms with E-state index >= 15 is 0 Å². The van der Waals surface area contributed by atoms with Gasteiger partial charge in [-0.15, -0.1) is 11.3 Å². The van der Waals surface area contributed by atoms with Crippen LogP contribution in [0.15, 0.2) is 22.2 Å². The molecule has 7 heteroatoms. The molecular formula is C11H10N2O3S2. The van der Waals surface area contributed by atoms with Crippen LogP contribution in [0.25, 0.3) is 0 Å². The highest BCUT2D eigenvalue weighted by Gasteiger charge is 2.16. The topological polar surface area (TPSA) is 79.3 Å². The van der Waals surface area contributed by atoms with Gasteiger partial charge in [0.2, 0.25) is 0 Å². The molecule has 1 atom stereocenters. The van der Waals surface area contributed by atoms with Crippen LogP contribution in [0.1, 0.15) is 38.8 Å². The second-order valence-corrected chi connectivity index (χ2v) is 5.25. The molecule has 0 fully saturated rings. The molecule has 1 amide bonds. The normalized spacial score (nSPS) is 12.1. The zero-order valence-electron chi connectivity index (χ0n) is 9.41. The quantitative estimate of drug-likeness (QED) is 0.902. The fourth-order valence-electron chi connectivity index (χ4n) is 1.32. The molecular weight excluding hydrogens is 272 g/mol. The second kappa shape index (κ2) is 5.28. The number of nitrogens with zero attached hydrogens (tertiary/aromatic N) is 1. The van der Waals surface area contributed by atoms with E-state index in [1.165, 1.54) is 28.1 Å². The fraction of sp³-hybridized carbons (Fsp3) is 0.182. The number of rotatable bonds is 4. The minimum atomic E-state index is -1.06. The number of thiophene rings is 1. The van der Waals surface area contributed by atoms with Crippen LogP contribution in [0.4, 0.5) is 0 Å². The predicted molar refractivity (Wildman–Crippen MR) is 69.3 cm³/mol. The minimum absolute atomic E-state index is 0.00614. The van der Waals surface area contributed by atoms with E-state index in [1.54, 1.807) is 18.4 Å². The predicted octanol–water partition coefficient (Wildman–Crippen LogP) is 2.39. The lowest BCUT2D eigenvalue weighted by atomic mass is 10.3. The van der Waals surface area contributed by atoms with Crippen LogP contribution in [-0.4, -0.2) is 22.0 Å². The summed E-state index contributed by atoms with van der Waals surface area (Å²) in [6, 6.07) is 1.42. The molecule has 0 saturated carbocycles. The zero-order chi connectivity index (χ0) is 13.1. The molecule has 94 valence electrons. The Labute approximate surface area is 111 Å². The Bertz CT molecular complexity index is 563. The van der Waals surface area contributed by atoms with E-state index in [9.17, 15) is 9.59 Å². The van der Waals surface area contributed by atoms with Crippen LogP contribution in [0, 0.1) is 0 Å². The lowest BCUT2D eigenvalue weighted by Crippen LogP contribution is -2.26. The van der Waals surface area contributed by atoms with E-state index in [4.69, 9.17) is 5.11 Å². The smallest absolute Gasteiger partial charge is 0.355 e. The Hall–Kier alpha value is -1.73. The first-order chi connectivity index (χ1) is 8.58. The number of hydrogen-bond donors (Lipinski definition) is 2. The van der Waals surface area contributed by atoms with Gasteiger partial charge in [0, 0.05) is 10.8 Å². The van der Waals surface area contributed by atoms with Crippen molar-refractivity contribution >= 4 is 34.6 Å². The number of aromatic nitrogens is 1. The monoisotopic (exact) mass is 282 g/mol. The number of carboxylic acids is 1. The molecule has 2 heterocycles. The first-order valence-electron chi connectivity index (χ1n) is 5.09. The summed E-state index contributed by atoms with van der Waals surface area (Å²) in [6.45, 7) is 1.77. The highest BCUT2D eigenvalue weighted by molar-refractivity contribution is 7.10. The van der Waals surface area contributed by atoms with Gasteiger partial charge in [-0.3, -0.25) is 4.79 Å². The maximum Gasteiger partial charge on any atom is 0.355 e. The molecule has 1 unspecified atom stereocenters. The van der Waals surface area contributed by atoms with Crippen molar-refractivity contribution in [3.63, 3.8) is 0 Å². The summed E-state index contributed by atoms with van der Waals surface area (Å²) in [5.41, 5.74) is 0.605. The fourth-order valence-corrected chi connectivity index (χ4v) is 2.76. The maximum atomic E-state index is 11.8. The largest absolute Gasteiger partial charge is 0.476 e. The van der Waals surface area contributed by atoms with Gasteiger partial charge in [0.1, 0.15) is 5.01 Å². The highest BCUT2D eigenvalue weighted by atomic mass is 32.1. The number of thiazole rings is 1. The third kappa shape index (κ3) is 2.74. The van der Waals surface area contributed by atoms with Crippen molar-refractivity contribution in [2.45, 2.75) is 13.0 Å². The number of aromatic carboxylic acids is 1. The zero-order valence-corrected chi connectivity index (χ0v) is 11.0. The van der Waals surface area contributed by atoms with E-state index in [0.29, 0.717) is 10.6 Å². The van der Waals surface area contributed by atoms with E-state index in [0.717, 1.165) is 0 Å². The summed E-state index contributed by atoms with van der Waals surface area (Å²) < 4.78 is 0. The van der Waals surface area contributed by atoms with Crippen LogP contribution >= 0.6 is 22.7 Å². The van der Waals surface area contributed by atoms with Crippen molar-refractivity contribution in [1.82, 2.24) is 10.3 Å². The average Bonchev–Trinajstić information content (AvgIpc) is 3.00. The van der Waals surface area contributed by atoms with Crippen molar-refractivity contribution in [3.8, 4) is 0 Å². The molecule has 18 heavy (non-hydrogen) atoms. The van der Waals surface area contributed by atoms with Crippen LogP contribution in [0.5, 0.6) is 0 Å². The minimum Gasteiger partial charge on any atom is -0.476 e. The van der Waals surface area contributed by atoms with Gasteiger partial charge >= 0.3 is 5.97 Å². The molecule has 0 aliphatic heterocycles. The molecule has 2 rings (SSSR count). The Morgan fingerprint density at radius 3 is 2.78 bits per heavy atom. The molecule has 0 aromatic carbocycles. The summed E-state index contributed by atoms with van der Waals surface area (Å²) >= 11 is 2.67. The van der Waals surface area contributed by atoms with Gasteiger partial charge < -0.3 is 10.4 Å². The van der Waals surface area contributed by atoms with Gasteiger partial charge in [-0.05, 0) is 18.4 Å². The molecule has 0 aliphatic rings. The Kier molecular flexibility index (Phi) is 3.73. The van der Waals surface area contributed by atoms with Gasteiger partial charge in [-0.2, -0.15) is 11.3 Å². The standard InChI is InChI=1S/C11H10N2O3S2/c1-6(10-13-8(5-18-10)11(15)16)12-9(14)7-2-3-17-4-7/h2-6H,1H3,(H,12,14)(H,15,16). The van der Waals surface area contributed by atoms with Crippen LogP contribution in [-0.2, 0) is 0 Å². The van der Waals surface area contributed by atoms with Gasteiger partial charge in [-0.1, -0.05) is 0 Å². The third-order valence-electron chi connectivity index (χ3n) is 2.24. The summed E-state index contributed by atoms with van der Waals surface area (Å²) in [4.78, 5) is 26.4. The van der Waals surface area contributed by atoms with Gasteiger partial charge in [0.25, 0.3) is 5.91 Å². The number of carbonyl (C=O) groups is 2. The van der Waals surface area contributed by atoms with Crippen molar-refractivity contribution in [3.05, 3.63) is 38.5 Å². The summed E-state index contributed by atoms with van der Waals surface area (Å²) in [7, 11) is 0. The average molecular weight is 282 g/mol. The Morgan fingerprint density at radius 2 is 2.22 bits per heavy atom. The molecule has 2 N–H and O–H groups in total. The number of carboxylic acid groups (broad SMARTS) is 1. The second-order valence-electron chi connectivity index (χ2n) is 3.58. The van der Waals surface area contributed by atoms with Gasteiger partial charge in [-0.25, -0.2) is 9.78 Å². The van der Waals surface area contributed by atoms with Crippen molar-refractivity contribution in [1.29, 1.82) is 0 Å². The SMILES string of the molecule is CC(NC(=O)c1ccsc1)c1nc(C(=O)O)cs1. The van der Waals surface area contributed by atoms with Crippen LogP contribution in [0.2, 0.25) is 0 Å². The first-order valence-corrected chi connectivity index (χ1v) is 6.92. The van der Waals surface area contributed by atoms with Crippen molar-refractivity contribution in [2.75, 3.05) is 0 Å². The molecule has 5 nitrogen and oxygen atoms in total. The van der Waals surface area contributed by atoms with Crippen LogP contribution < -0.4 is 5.32 Å². The number of hydrogen-bond acceptors (Lipinski definition) is 5. The summed E-state index contributed by atoms with van der Waals surface area (Å²) in [6.07, 6.45) is 0. The van der Waals surface area contributed by atoms with E-state index in [-0.39, 0.29) is 17.6 Å². The third-order valence-corrected chi connectivity index (χ3v) is 3.95. The van der Waals surface area contributed by atoms with Crippen molar-refractivity contribution < 1.29 is 14.7 Å². The Balaban J connectivity index is 2.05. The summed E-state index contributed by atoms with van der Waals surface area (Å²) in [5, 5.41) is 17.2. The van der Waals surface area contributed by atoms with E-state index < -0.39 is 5.97 Å². The lowest BCUT2D eigenvalue weighted by Gasteiger charge is -2.09. The van der Waals surface area contributed by atoms with Crippen LogP contribution in [0.3, 0.4) is 0 Å². The van der Waals surface area contributed by atoms with Crippen molar-refractivity contribution in [2.24, 2.45) is 0 Å². The van der Waals surface area contributed by atoms with E-state index in [1.807, 2.05) is 5.38 Å². The molecule has 0 aliphatic carbocycles.